The first-order chi connectivity index (χ1) is 13.3. The molecular formula is C22H24O5. The van der Waals surface area contributed by atoms with Crippen LogP contribution in [0.3, 0.4) is 0 Å². The molecule has 2 aliphatic rings. The molecule has 0 radical (unpaired) electrons. The Morgan fingerprint density at radius 3 is 2.48 bits per heavy atom. The minimum absolute atomic E-state index is 0.0779. The first-order valence-corrected chi connectivity index (χ1v) is 9.24. The molecule has 0 bridgehead atoms. The van der Waals surface area contributed by atoms with E-state index in [2.05, 4.69) is 6.58 Å². The molecular weight excluding hydrogens is 344 g/mol. The molecule has 0 unspecified atom stereocenters. The Labute approximate surface area is 159 Å². The fourth-order valence-electron chi connectivity index (χ4n) is 3.37. The molecule has 0 aromatic heterocycles. The van der Waals surface area contributed by atoms with Gasteiger partial charge in [0.25, 0.3) is 0 Å². The normalized spacial score (nSPS) is 30.3. The summed E-state index contributed by atoms with van der Waals surface area (Å²) in [4.78, 5) is 0. The van der Waals surface area contributed by atoms with Gasteiger partial charge >= 0.3 is 6.48 Å². The molecule has 2 fully saturated rings. The highest BCUT2D eigenvalue weighted by Crippen LogP contribution is 2.31. The predicted octanol–water partition coefficient (Wildman–Crippen LogP) is 3.69. The minimum atomic E-state index is -0.777. The number of para-hydroxylation sites is 1. The molecule has 2 aromatic rings. The zero-order chi connectivity index (χ0) is 18.5. The van der Waals surface area contributed by atoms with Crippen molar-refractivity contribution in [2.45, 2.75) is 43.9 Å². The monoisotopic (exact) mass is 368 g/mol. The van der Waals surface area contributed by atoms with Gasteiger partial charge in [0.05, 0.1) is 25.4 Å². The molecule has 0 amide bonds. The lowest BCUT2D eigenvalue weighted by atomic mass is 9.97. The summed E-state index contributed by atoms with van der Waals surface area (Å²) in [6, 6.07) is 19.6. The number of hydrogen-bond acceptors (Lipinski definition) is 5. The van der Waals surface area contributed by atoms with Crippen molar-refractivity contribution in [3.05, 3.63) is 78.9 Å². The molecule has 5 atom stereocenters. The molecule has 0 saturated carbocycles. The molecule has 5 heteroatoms. The average Bonchev–Trinajstić information content (AvgIpc) is 2.73. The van der Waals surface area contributed by atoms with Crippen LogP contribution in [-0.4, -0.2) is 37.5 Å². The number of fused-ring (bicyclic) bond motifs is 1. The predicted molar refractivity (Wildman–Crippen MR) is 100 cm³/mol. The van der Waals surface area contributed by atoms with Crippen molar-refractivity contribution >= 4 is 0 Å². The molecule has 4 rings (SSSR count). The summed E-state index contributed by atoms with van der Waals surface area (Å²) in [6.45, 7) is 3.99. The van der Waals surface area contributed by atoms with E-state index in [-0.39, 0.29) is 24.4 Å². The van der Waals surface area contributed by atoms with Gasteiger partial charge in [0.1, 0.15) is 18.0 Å². The fraction of sp³-hybridized carbons (Fsp3) is 0.364. The van der Waals surface area contributed by atoms with Crippen LogP contribution in [0.2, 0.25) is 0 Å². The van der Waals surface area contributed by atoms with Gasteiger partial charge in [-0.1, -0.05) is 54.6 Å². The van der Waals surface area contributed by atoms with Crippen molar-refractivity contribution in [1.82, 2.24) is 0 Å². The quantitative estimate of drug-likeness (QED) is 0.728. The van der Waals surface area contributed by atoms with Gasteiger partial charge in [-0.25, -0.2) is 0 Å². The summed E-state index contributed by atoms with van der Waals surface area (Å²) in [5.74, 6) is 0.698. The summed E-state index contributed by atoms with van der Waals surface area (Å²) >= 11 is 0. The lowest BCUT2D eigenvalue weighted by Crippen LogP contribution is -2.57. The van der Waals surface area contributed by atoms with Crippen LogP contribution in [0.15, 0.2) is 73.3 Å². The Bertz CT molecular complexity index is 720. The molecule has 2 heterocycles. The number of hydrogen-bond donors (Lipinski definition) is 0. The van der Waals surface area contributed by atoms with E-state index in [1.54, 1.807) is 0 Å². The van der Waals surface area contributed by atoms with Crippen molar-refractivity contribution in [3.8, 4) is 5.75 Å². The van der Waals surface area contributed by atoms with E-state index in [1.165, 1.54) is 0 Å². The van der Waals surface area contributed by atoms with E-state index in [4.69, 9.17) is 23.7 Å². The molecule has 0 N–H and O–H groups in total. The van der Waals surface area contributed by atoms with Crippen LogP contribution >= 0.6 is 0 Å². The number of benzene rings is 2. The average molecular weight is 368 g/mol. The zero-order valence-electron chi connectivity index (χ0n) is 15.1. The SMILES string of the molecule is C=C[C@H]1C[C@@H](OCc2ccccc2)[C@@H]2O[C@H](Oc3ccccc3)OC[C@H]2O1. The summed E-state index contributed by atoms with van der Waals surface area (Å²) in [7, 11) is 0. The van der Waals surface area contributed by atoms with Crippen molar-refractivity contribution in [2.24, 2.45) is 0 Å². The van der Waals surface area contributed by atoms with Crippen LogP contribution in [0.25, 0.3) is 0 Å². The van der Waals surface area contributed by atoms with E-state index in [0.717, 1.165) is 5.56 Å². The van der Waals surface area contributed by atoms with Crippen LogP contribution in [0.5, 0.6) is 5.75 Å². The highest BCUT2D eigenvalue weighted by atomic mass is 16.9. The molecule has 5 nitrogen and oxygen atoms in total. The molecule has 2 aliphatic heterocycles. The van der Waals surface area contributed by atoms with Gasteiger partial charge in [0.2, 0.25) is 0 Å². The van der Waals surface area contributed by atoms with E-state index < -0.39 is 6.48 Å². The minimum Gasteiger partial charge on any atom is -0.441 e. The maximum Gasteiger partial charge on any atom is 0.316 e. The molecule has 142 valence electrons. The first kappa shape index (κ1) is 18.2. The Morgan fingerprint density at radius 1 is 1.00 bits per heavy atom. The Morgan fingerprint density at radius 2 is 1.74 bits per heavy atom. The van der Waals surface area contributed by atoms with Gasteiger partial charge in [-0.15, -0.1) is 6.58 Å². The van der Waals surface area contributed by atoms with Crippen LogP contribution in [0.1, 0.15) is 12.0 Å². The van der Waals surface area contributed by atoms with Gasteiger partial charge < -0.3 is 23.7 Å². The van der Waals surface area contributed by atoms with Crippen molar-refractivity contribution in [2.75, 3.05) is 6.61 Å². The van der Waals surface area contributed by atoms with E-state index >= 15 is 0 Å². The van der Waals surface area contributed by atoms with Crippen molar-refractivity contribution in [3.63, 3.8) is 0 Å². The van der Waals surface area contributed by atoms with Crippen LogP contribution < -0.4 is 4.74 Å². The molecule has 2 aromatic carbocycles. The first-order valence-electron chi connectivity index (χ1n) is 9.24. The third-order valence-corrected chi connectivity index (χ3v) is 4.76. The lowest BCUT2D eigenvalue weighted by molar-refractivity contribution is -0.357. The molecule has 2 saturated heterocycles. The second kappa shape index (κ2) is 8.67. The van der Waals surface area contributed by atoms with Crippen molar-refractivity contribution < 1.29 is 23.7 Å². The van der Waals surface area contributed by atoms with Crippen LogP contribution in [0.4, 0.5) is 0 Å². The lowest BCUT2D eigenvalue weighted by Gasteiger charge is -2.44. The van der Waals surface area contributed by atoms with Gasteiger partial charge in [-0.2, -0.15) is 0 Å². The Balaban J connectivity index is 1.42. The number of rotatable bonds is 6. The number of ether oxygens (including phenoxy) is 5. The largest absolute Gasteiger partial charge is 0.441 e. The maximum absolute atomic E-state index is 6.21. The second-order valence-electron chi connectivity index (χ2n) is 6.67. The Hall–Kier alpha value is -2.18. The van der Waals surface area contributed by atoms with Gasteiger partial charge in [0.15, 0.2) is 0 Å². The van der Waals surface area contributed by atoms with Crippen LogP contribution in [0, 0.1) is 0 Å². The van der Waals surface area contributed by atoms with Gasteiger partial charge in [0, 0.05) is 6.42 Å². The van der Waals surface area contributed by atoms with Gasteiger partial charge in [-0.05, 0) is 17.7 Å². The Kier molecular flexibility index (Phi) is 5.84. The van der Waals surface area contributed by atoms with E-state index in [1.807, 2.05) is 66.7 Å². The molecule has 27 heavy (non-hydrogen) atoms. The zero-order valence-corrected chi connectivity index (χ0v) is 15.1. The highest BCUT2D eigenvalue weighted by molar-refractivity contribution is 5.21. The van der Waals surface area contributed by atoms with E-state index in [9.17, 15) is 0 Å². The maximum atomic E-state index is 6.21. The fourth-order valence-corrected chi connectivity index (χ4v) is 3.37. The van der Waals surface area contributed by atoms with E-state index in [0.29, 0.717) is 25.4 Å². The highest BCUT2D eigenvalue weighted by Gasteiger charge is 2.44. The summed E-state index contributed by atoms with van der Waals surface area (Å²) < 4.78 is 29.8. The standard InChI is InChI=1S/C22H24O5/c1-2-17-13-19(23-14-16-9-5-3-6-10-16)21-20(25-17)15-24-22(27-21)26-18-11-7-4-8-12-18/h2-12,17,19-22H,1,13-15H2/t17-,19+,20+,21-,22-/m0/s1. The van der Waals surface area contributed by atoms with Gasteiger partial charge in [-0.3, -0.25) is 0 Å². The van der Waals surface area contributed by atoms with Crippen LogP contribution in [-0.2, 0) is 25.6 Å². The molecule has 0 spiro atoms. The molecule has 0 aliphatic carbocycles. The topological polar surface area (TPSA) is 46.2 Å². The summed E-state index contributed by atoms with van der Waals surface area (Å²) in [5, 5.41) is 0. The third-order valence-electron chi connectivity index (χ3n) is 4.76. The smallest absolute Gasteiger partial charge is 0.316 e. The van der Waals surface area contributed by atoms with Crippen molar-refractivity contribution in [1.29, 1.82) is 0 Å². The summed E-state index contributed by atoms with van der Waals surface area (Å²) in [6.07, 6.45) is 1.83. The summed E-state index contributed by atoms with van der Waals surface area (Å²) in [5.41, 5.74) is 1.12. The second-order valence-corrected chi connectivity index (χ2v) is 6.67. The third kappa shape index (κ3) is 4.57.